The van der Waals surface area contributed by atoms with E-state index in [1.807, 2.05) is 12.1 Å². The van der Waals surface area contributed by atoms with Crippen LogP contribution in [0, 0.1) is 5.92 Å². The molecule has 96 valence electrons. The van der Waals surface area contributed by atoms with Gasteiger partial charge in [-0.25, -0.2) is 0 Å². The van der Waals surface area contributed by atoms with E-state index >= 15 is 0 Å². The van der Waals surface area contributed by atoms with E-state index < -0.39 is 0 Å². The first-order valence-electron chi connectivity index (χ1n) is 6.38. The summed E-state index contributed by atoms with van der Waals surface area (Å²) in [5.41, 5.74) is 7.20. The highest BCUT2D eigenvalue weighted by atomic mass is 32.1. The molecule has 2 atom stereocenters. The first-order chi connectivity index (χ1) is 8.74. The van der Waals surface area contributed by atoms with Crippen molar-refractivity contribution < 1.29 is 4.74 Å². The highest BCUT2D eigenvalue weighted by Gasteiger charge is 2.40. The molecule has 5 heteroatoms. The molecular formula is C13H17N3OS. The highest BCUT2D eigenvalue weighted by Crippen LogP contribution is 2.39. The van der Waals surface area contributed by atoms with Crippen molar-refractivity contribution in [3.63, 3.8) is 0 Å². The Balaban J connectivity index is 1.66. The van der Waals surface area contributed by atoms with Crippen LogP contribution in [-0.2, 0) is 4.74 Å². The maximum absolute atomic E-state index is 5.80. The number of aromatic nitrogens is 1. The van der Waals surface area contributed by atoms with Gasteiger partial charge in [-0.1, -0.05) is 12.2 Å². The molecule has 18 heavy (non-hydrogen) atoms. The van der Waals surface area contributed by atoms with E-state index in [1.165, 1.54) is 12.8 Å². The smallest absolute Gasteiger partial charge is 0.122 e. The zero-order valence-electron chi connectivity index (χ0n) is 10.1. The van der Waals surface area contributed by atoms with Gasteiger partial charge in [0.15, 0.2) is 0 Å². The number of pyridine rings is 1. The van der Waals surface area contributed by atoms with E-state index in [2.05, 4.69) is 10.3 Å². The van der Waals surface area contributed by atoms with Gasteiger partial charge >= 0.3 is 0 Å². The third-order valence-corrected chi connectivity index (χ3v) is 3.80. The van der Waals surface area contributed by atoms with Crippen molar-refractivity contribution >= 4 is 22.9 Å². The number of hydrogen-bond donors (Lipinski definition) is 2. The Morgan fingerprint density at radius 2 is 2.22 bits per heavy atom. The fourth-order valence-corrected chi connectivity index (χ4v) is 2.62. The van der Waals surface area contributed by atoms with Crippen LogP contribution in [0.25, 0.3) is 0 Å². The van der Waals surface area contributed by atoms with E-state index in [4.69, 9.17) is 22.7 Å². The van der Waals surface area contributed by atoms with Gasteiger partial charge < -0.3 is 15.8 Å². The van der Waals surface area contributed by atoms with Gasteiger partial charge in [0.25, 0.3) is 0 Å². The Kier molecular flexibility index (Phi) is 3.18. The van der Waals surface area contributed by atoms with E-state index in [0.29, 0.717) is 22.8 Å². The van der Waals surface area contributed by atoms with Crippen LogP contribution in [0.4, 0.5) is 5.69 Å². The Bertz CT molecular complexity index is 444. The van der Waals surface area contributed by atoms with Crippen molar-refractivity contribution in [2.45, 2.75) is 31.4 Å². The van der Waals surface area contributed by atoms with E-state index in [1.54, 1.807) is 6.20 Å². The van der Waals surface area contributed by atoms with E-state index in [9.17, 15) is 0 Å². The molecule has 2 unspecified atom stereocenters. The second kappa shape index (κ2) is 4.82. The standard InChI is InChI=1S/C13H17N3OS/c14-13(18)11-4-3-9(7-15-11)16-10-5-6-17-12(10)8-1-2-8/h3-4,7-8,10,12,16H,1-2,5-6H2,(H2,14,18). The molecule has 3 rings (SSSR count). The van der Waals surface area contributed by atoms with Crippen molar-refractivity contribution in [3.8, 4) is 0 Å². The summed E-state index contributed by atoms with van der Waals surface area (Å²) in [6.45, 7) is 0.858. The number of nitrogens with two attached hydrogens (primary N) is 1. The molecule has 1 aromatic heterocycles. The second-order valence-electron chi connectivity index (χ2n) is 5.01. The van der Waals surface area contributed by atoms with Crippen LogP contribution >= 0.6 is 12.2 Å². The number of hydrogen-bond acceptors (Lipinski definition) is 4. The summed E-state index contributed by atoms with van der Waals surface area (Å²) in [4.78, 5) is 4.57. The number of nitrogens with one attached hydrogen (secondary N) is 1. The molecule has 0 amide bonds. The average Bonchev–Trinajstić information content (AvgIpc) is 3.11. The maximum atomic E-state index is 5.80. The Morgan fingerprint density at radius 3 is 2.83 bits per heavy atom. The van der Waals surface area contributed by atoms with Gasteiger partial charge in [0.2, 0.25) is 0 Å². The number of nitrogens with zero attached hydrogens (tertiary/aromatic N) is 1. The first-order valence-corrected chi connectivity index (χ1v) is 6.79. The zero-order valence-corrected chi connectivity index (χ0v) is 11.0. The fourth-order valence-electron chi connectivity index (χ4n) is 2.49. The molecule has 1 saturated carbocycles. The third-order valence-electron chi connectivity index (χ3n) is 3.59. The lowest BCUT2D eigenvalue weighted by atomic mass is 10.1. The van der Waals surface area contributed by atoms with Gasteiger partial charge in [-0.3, -0.25) is 4.98 Å². The van der Waals surface area contributed by atoms with Crippen molar-refractivity contribution in [3.05, 3.63) is 24.0 Å². The predicted octanol–water partition coefficient (Wildman–Crippen LogP) is 1.70. The minimum Gasteiger partial charge on any atom is -0.388 e. The second-order valence-corrected chi connectivity index (χ2v) is 5.45. The lowest BCUT2D eigenvalue weighted by Gasteiger charge is -2.20. The van der Waals surface area contributed by atoms with Crippen molar-refractivity contribution in [2.75, 3.05) is 11.9 Å². The maximum Gasteiger partial charge on any atom is 0.122 e. The Hall–Kier alpha value is -1.20. The number of ether oxygens (including phenoxy) is 1. The molecule has 0 aromatic carbocycles. The fraction of sp³-hybridized carbons (Fsp3) is 0.538. The summed E-state index contributed by atoms with van der Waals surface area (Å²) in [5.74, 6) is 0.758. The SMILES string of the molecule is NC(=S)c1ccc(NC2CCOC2C2CC2)cn1. The molecule has 4 nitrogen and oxygen atoms in total. The van der Waals surface area contributed by atoms with Crippen LogP contribution < -0.4 is 11.1 Å². The average molecular weight is 263 g/mol. The molecule has 2 fully saturated rings. The molecule has 1 saturated heterocycles. The molecule has 1 aliphatic carbocycles. The quantitative estimate of drug-likeness (QED) is 0.810. The van der Waals surface area contributed by atoms with Crippen LogP contribution in [0.1, 0.15) is 25.0 Å². The highest BCUT2D eigenvalue weighted by molar-refractivity contribution is 7.80. The summed E-state index contributed by atoms with van der Waals surface area (Å²) in [7, 11) is 0. The van der Waals surface area contributed by atoms with Crippen LogP contribution in [0.3, 0.4) is 0 Å². The molecular weight excluding hydrogens is 246 g/mol. The topological polar surface area (TPSA) is 60.2 Å². The number of rotatable bonds is 4. The van der Waals surface area contributed by atoms with Gasteiger partial charge in [0, 0.05) is 6.61 Å². The molecule has 0 radical (unpaired) electrons. The van der Waals surface area contributed by atoms with Gasteiger partial charge in [0.1, 0.15) is 4.99 Å². The van der Waals surface area contributed by atoms with Gasteiger partial charge in [-0.05, 0) is 37.3 Å². The molecule has 0 spiro atoms. The largest absolute Gasteiger partial charge is 0.388 e. The summed E-state index contributed by atoms with van der Waals surface area (Å²) in [5, 5.41) is 3.51. The van der Waals surface area contributed by atoms with Crippen LogP contribution in [0.2, 0.25) is 0 Å². The summed E-state index contributed by atoms with van der Waals surface area (Å²) >= 11 is 4.88. The van der Waals surface area contributed by atoms with Crippen molar-refractivity contribution in [1.82, 2.24) is 4.98 Å². The molecule has 3 N–H and O–H groups in total. The first kappa shape index (κ1) is 11.9. The van der Waals surface area contributed by atoms with Crippen LogP contribution in [0.5, 0.6) is 0 Å². The predicted molar refractivity (Wildman–Crippen MR) is 74.6 cm³/mol. The molecule has 2 aliphatic rings. The van der Waals surface area contributed by atoms with Crippen molar-refractivity contribution in [1.29, 1.82) is 0 Å². The minimum absolute atomic E-state index is 0.335. The lowest BCUT2D eigenvalue weighted by molar-refractivity contribution is 0.0898. The molecule has 2 heterocycles. The minimum atomic E-state index is 0.335. The molecule has 1 aliphatic heterocycles. The molecule has 1 aromatic rings. The zero-order chi connectivity index (χ0) is 12.5. The Morgan fingerprint density at radius 1 is 1.39 bits per heavy atom. The van der Waals surface area contributed by atoms with Gasteiger partial charge in [-0.15, -0.1) is 0 Å². The monoisotopic (exact) mass is 263 g/mol. The molecule has 0 bridgehead atoms. The van der Waals surface area contributed by atoms with Crippen LogP contribution in [-0.4, -0.2) is 28.7 Å². The summed E-state index contributed by atoms with van der Waals surface area (Å²) < 4.78 is 5.80. The third kappa shape index (κ3) is 2.47. The van der Waals surface area contributed by atoms with Crippen LogP contribution in [0.15, 0.2) is 18.3 Å². The van der Waals surface area contributed by atoms with Crippen molar-refractivity contribution in [2.24, 2.45) is 11.7 Å². The Labute approximate surface area is 112 Å². The van der Waals surface area contributed by atoms with Gasteiger partial charge in [-0.2, -0.15) is 0 Å². The normalized spacial score (nSPS) is 27.1. The summed E-state index contributed by atoms with van der Waals surface area (Å²) in [6.07, 6.45) is 5.85. The number of anilines is 1. The van der Waals surface area contributed by atoms with Gasteiger partial charge in [0.05, 0.1) is 29.7 Å². The summed E-state index contributed by atoms with van der Waals surface area (Å²) in [6, 6.07) is 4.24. The van der Waals surface area contributed by atoms with E-state index in [0.717, 1.165) is 24.6 Å². The van der Waals surface area contributed by atoms with E-state index in [-0.39, 0.29) is 0 Å². The number of thiocarbonyl (C=S) groups is 1. The lowest BCUT2D eigenvalue weighted by Crippen LogP contribution is -2.31.